The van der Waals surface area contributed by atoms with Crippen molar-refractivity contribution >= 4 is 11.9 Å². The van der Waals surface area contributed by atoms with Gasteiger partial charge in [-0.25, -0.2) is 0 Å². The number of nitrogens with one attached hydrogen (secondary N) is 1. The van der Waals surface area contributed by atoms with Gasteiger partial charge in [0.25, 0.3) is 0 Å². The van der Waals surface area contributed by atoms with Gasteiger partial charge >= 0.3 is 5.97 Å². The van der Waals surface area contributed by atoms with Gasteiger partial charge in [-0.1, -0.05) is 153 Å². The molecule has 0 aliphatic rings. The third-order valence-corrected chi connectivity index (χ3v) is 9.12. The van der Waals surface area contributed by atoms with Crippen LogP contribution in [0.3, 0.4) is 0 Å². The van der Waals surface area contributed by atoms with Crippen molar-refractivity contribution in [1.82, 2.24) is 5.32 Å². The molecular formula is C44H79NO5. The molecule has 0 fully saturated rings. The van der Waals surface area contributed by atoms with Crippen molar-refractivity contribution < 1.29 is 24.5 Å². The molecule has 1 amide bonds. The van der Waals surface area contributed by atoms with Gasteiger partial charge in [-0.15, -0.1) is 0 Å². The smallest absolute Gasteiger partial charge is 0.306 e. The molecule has 3 atom stereocenters. The quantitative estimate of drug-likeness (QED) is 0.0343. The van der Waals surface area contributed by atoms with Crippen LogP contribution in [0.2, 0.25) is 0 Å². The first-order chi connectivity index (χ1) is 24.5. The van der Waals surface area contributed by atoms with Gasteiger partial charge < -0.3 is 20.3 Å². The van der Waals surface area contributed by atoms with Gasteiger partial charge in [0.15, 0.2) is 0 Å². The summed E-state index contributed by atoms with van der Waals surface area (Å²) < 4.78 is 5.85. The molecule has 0 aromatic rings. The molecule has 6 nitrogen and oxygen atoms in total. The Balaban J connectivity index is 4.70. The highest BCUT2D eigenvalue weighted by Crippen LogP contribution is 2.16. The minimum atomic E-state index is -0.795. The van der Waals surface area contributed by atoms with E-state index >= 15 is 0 Å². The number of amides is 1. The van der Waals surface area contributed by atoms with Crippen LogP contribution in [-0.2, 0) is 14.3 Å². The van der Waals surface area contributed by atoms with Gasteiger partial charge in [-0.3, -0.25) is 9.59 Å². The van der Waals surface area contributed by atoms with Crippen LogP contribution >= 0.6 is 0 Å². The summed E-state index contributed by atoms with van der Waals surface area (Å²) in [5.74, 6) is -0.531. The molecule has 0 aliphatic carbocycles. The van der Waals surface area contributed by atoms with E-state index in [2.05, 4.69) is 74.7 Å². The molecule has 0 aromatic carbocycles. The number of hydrogen-bond donors (Lipinski definition) is 3. The van der Waals surface area contributed by atoms with E-state index in [9.17, 15) is 19.8 Å². The third-order valence-electron chi connectivity index (χ3n) is 9.12. The van der Waals surface area contributed by atoms with Crippen LogP contribution in [0, 0.1) is 0 Å². The van der Waals surface area contributed by atoms with Crippen molar-refractivity contribution in [3.05, 3.63) is 48.6 Å². The summed E-state index contributed by atoms with van der Waals surface area (Å²) >= 11 is 0. The fourth-order valence-electron chi connectivity index (χ4n) is 5.97. The Hall–Kier alpha value is -2.18. The lowest BCUT2D eigenvalue weighted by molar-refractivity contribution is -0.151. The van der Waals surface area contributed by atoms with Crippen LogP contribution in [0.1, 0.15) is 194 Å². The molecule has 0 bridgehead atoms. The molecule has 3 N–H and O–H groups in total. The Morgan fingerprint density at radius 1 is 0.600 bits per heavy atom. The van der Waals surface area contributed by atoms with E-state index in [1.807, 2.05) is 0 Å². The summed E-state index contributed by atoms with van der Waals surface area (Å²) in [7, 11) is 0. The lowest BCUT2D eigenvalue weighted by Gasteiger charge is -2.24. The molecule has 0 heterocycles. The third kappa shape index (κ3) is 33.0. The van der Waals surface area contributed by atoms with Crippen molar-refractivity contribution in [3.8, 4) is 0 Å². The van der Waals surface area contributed by atoms with Gasteiger partial charge in [-0.2, -0.15) is 0 Å². The molecule has 0 saturated carbocycles. The molecule has 0 spiro atoms. The molecule has 6 heteroatoms. The predicted octanol–water partition coefficient (Wildman–Crippen LogP) is 11.6. The summed E-state index contributed by atoms with van der Waals surface area (Å²) in [6.45, 7) is 6.24. The van der Waals surface area contributed by atoms with Crippen LogP contribution in [0.4, 0.5) is 0 Å². The number of carbonyl (C=O) groups is 2. The Bertz CT molecular complexity index is 880. The van der Waals surface area contributed by atoms with E-state index in [4.69, 9.17) is 4.74 Å². The van der Waals surface area contributed by atoms with Crippen LogP contribution in [0.25, 0.3) is 0 Å². The largest absolute Gasteiger partial charge is 0.462 e. The minimum Gasteiger partial charge on any atom is -0.462 e. The Kier molecular flexibility index (Phi) is 36.4. The van der Waals surface area contributed by atoms with E-state index in [1.165, 1.54) is 57.8 Å². The van der Waals surface area contributed by atoms with Crippen molar-refractivity contribution in [1.29, 1.82) is 0 Å². The molecule has 50 heavy (non-hydrogen) atoms. The highest BCUT2D eigenvalue weighted by Gasteiger charge is 2.24. The van der Waals surface area contributed by atoms with Gasteiger partial charge in [0.1, 0.15) is 6.10 Å². The first kappa shape index (κ1) is 47.8. The van der Waals surface area contributed by atoms with Crippen molar-refractivity contribution in [3.63, 3.8) is 0 Å². The summed E-state index contributed by atoms with van der Waals surface area (Å²) in [5, 5.41) is 23.5. The standard InChI is InChI=1S/C44H79NO5/c1-4-7-10-13-16-19-21-22-24-26-29-32-35-40(50-44(49)37-34-31-28-25-20-17-14-11-8-5-2)38-43(48)45-41(39-46)42(47)36-33-30-27-23-18-15-12-9-6-3/h7,10-11,14,16,19,22,24,40-42,46-47H,4-6,8-9,12-13,15,17-18,20-21,23,25-39H2,1-3H3,(H,45,48)/b10-7+,14-11-,19-16+,24-22+. The van der Waals surface area contributed by atoms with E-state index in [0.29, 0.717) is 19.3 Å². The highest BCUT2D eigenvalue weighted by atomic mass is 16.5. The number of carbonyl (C=O) groups excluding carboxylic acids is 2. The molecule has 290 valence electrons. The second-order valence-electron chi connectivity index (χ2n) is 14.0. The number of rotatable bonds is 36. The number of aliphatic hydroxyl groups is 2. The number of esters is 1. The minimum absolute atomic E-state index is 0.0473. The van der Waals surface area contributed by atoms with Gasteiger partial charge in [-0.05, 0) is 77.0 Å². The molecule has 3 unspecified atom stereocenters. The predicted molar refractivity (Wildman–Crippen MR) is 213 cm³/mol. The van der Waals surface area contributed by atoms with Crippen LogP contribution < -0.4 is 5.32 Å². The zero-order valence-electron chi connectivity index (χ0n) is 32.8. The zero-order valence-corrected chi connectivity index (χ0v) is 32.8. The zero-order chi connectivity index (χ0) is 36.8. The number of aliphatic hydroxyl groups excluding tert-OH is 2. The van der Waals surface area contributed by atoms with Crippen molar-refractivity contribution in [2.24, 2.45) is 0 Å². The summed E-state index contributed by atoms with van der Waals surface area (Å²) in [4.78, 5) is 25.8. The summed E-state index contributed by atoms with van der Waals surface area (Å²) in [6.07, 6.45) is 43.2. The number of allylic oxidation sites excluding steroid dienone is 8. The van der Waals surface area contributed by atoms with Crippen LogP contribution in [0.15, 0.2) is 48.6 Å². The molecular weight excluding hydrogens is 622 g/mol. The Morgan fingerprint density at radius 2 is 1.12 bits per heavy atom. The maximum absolute atomic E-state index is 13.0. The van der Waals surface area contributed by atoms with E-state index < -0.39 is 18.2 Å². The van der Waals surface area contributed by atoms with Gasteiger partial charge in [0.2, 0.25) is 5.91 Å². The lowest BCUT2D eigenvalue weighted by atomic mass is 10.0. The SMILES string of the molecule is CC/C=C/C/C=C/C/C=C/CCCCC(CC(=O)NC(CO)C(O)CCCCCCCCCCC)OC(=O)CCCCCCC/C=C\CCC. The fourth-order valence-corrected chi connectivity index (χ4v) is 5.97. The first-order valence-corrected chi connectivity index (χ1v) is 20.9. The Morgan fingerprint density at radius 3 is 1.76 bits per heavy atom. The Labute approximate surface area is 308 Å². The monoisotopic (exact) mass is 702 g/mol. The highest BCUT2D eigenvalue weighted by molar-refractivity contribution is 5.77. The lowest BCUT2D eigenvalue weighted by Crippen LogP contribution is -2.46. The van der Waals surface area contributed by atoms with Crippen molar-refractivity contribution in [2.75, 3.05) is 6.61 Å². The van der Waals surface area contributed by atoms with E-state index in [1.54, 1.807) is 0 Å². The van der Waals surface area contributed by atoms with E-state index in [-0.39, 0.29) is 24.9 Å². The summed E-state index contributed by atoms with van der Waals surface area (Å²) in [5.41, 5.74) is 0. The molecule has 0 aliphatic heterocycles. The molecule has 0 radical (unpaired) electrons. The maximum Gasteiger partial charge on any atom is 0.306 e. The van der Waals surface area contributed by atoms with Crippen LogP contribution in [-0.4, -0.2) is 46.9 Å². The normalized spacial score (nSPS) is 13.9. The summed E-state index contributed by atoms with van der Waals surface area (Å²) in [6, 6.07) is -0.711. The number of hydrogen-bond acceptors (Lipinski definition) is 5. The average Bonchev–Trinajstić information content (AvgIpc) is 3.10. The molecule has 0 aromatic heterocycles. The fraction of sp³-hybridized carbons (Fsp3) is 0.773. The van der Waals surface area contributed by atoms with E-state index in [0.717, 1.165) is 89.9 Å². The molecule has 0 rings (SSSR count). The number of ether oxygens (including phenoxy) is 1. The van der Waals surface area contributed by atoms with Crippen molar-refractivity contribution in [2.45, 2.75) is 212 Å². The maximum atomic E-state index is 13.0. The molecule has 0 saturated heterocycles. The second kappa shape index (κ2) is 38.1. The second-order valence-corrected chi connectivity index (χ2v) is 14.0. The van der Waals surface area contributed by atoms with Gasteiger partial charge in [0, 0.05) is 6.42 Å². The van der Waals surface area contributed by atoms with Gasteiger partial charge in [0.05, 0.1) is 25.2 Å². The first-order valence-electron chi connectivity index (χ1n) is 20.9. The van der Waals surface area contributed by atoms with Crippen LogP contribution in [0.5, 0.6) is 0 Å². The topological polar surface area (TPSA) is 95.9 Å². The average molecular weight is 702 g/mol. The number of unbranched alkanes of at least 4 members (excludes halogenated alkanes) is 16.